The first kappa shape index (κ1) is 15.6. The molecule has 1 atom stereocenters. The second kappa shape index (κ2) is 6.80. The van der Waals surface area contributed by atoms with Crippen LogP contribution >= 0.6 is 11.8 Å². The summed E-state index contributed by atoms with van der Waals surface area (Å²) in [6.45, 7) is 3.83. The first-order valence-corrected chi connectivity index (χ1v) is 7.45. The van der Waals surface area contributed by atoms with Crippen LogP contribution in [0.15, 0.2) is 47.4 Å². The Morgan fingerprint density at radius 1 is 1.14 bits per heavy atom. The number of phenolic OH excluding ortho intramolecular Hbond substituents is 1. The number of halogens is 2. The molecule has 0 saturated carbocycles. The van der Waals surface area contributed by atoms with Crippen LogP contribution in [-0.2, 0) is 0 Å². The number of alkyl halides is 2. The Bertz CT molecular complexity index is 619. The number of benzene rings is 2. The third-order valence-corrected chi connectivity index (χ3v) is 3.91. The van der Waals surface area contributed by atoms with Gasteiger partial charge in [0.1, 0.15) is 5.75 Å². The lowest BCUT2D eigenvalue weighted by atomic mass is 10.0. The fraction of sp³-hybridized carbons (Fsp3) is 0.250. The van der Waals surface area contributed by atoms with E-state index in [1.807, 2.05) is 26.0 Å². The van der Waals surface area contributed by atoms with Crippen LogP contribution in [0.2, 0.25) is 0 Å². The van der Waals surface area contributed by atoms with E-state index in [4.69, 9.17) is 0 Å². The standard InChI is InChI=1S/C16H17F2NOS/c1-10-7-8-14(20)12(9-10)11(2)19-13-5-3-4-6-15(13)21-16(17)18/h3-9,11,16,19-20H,1-2H3. The third kappa shape index (κ3) is 4.11. The number of aryl methyl sites for hydroxylation is 1. The fourth-order valence-electron chi connectivity index (χ4n) is 2.12. The monoisotopic (exact) mass is 309 g/mol. The van der Waals surface area contributed by atoms with E-state index in [-0.39, 0.29) is 11.8 Å². The molecule has 1 unspecified atom stereocenters. The van der Waals surface area contributed by atoms with E-state index in [1.165, 1.54) is 0 Å². The predicted molar refractivity (Wildman–Crippen MR) is 83.2 cm³/mol. The number of phenols is 1. The van der Waals surface area contributed by atoms with Gasteiger partial charge in [-0.3, -0.25) is 0 Å². The maximum Gasteiger partial charge on any atom is 0.288 e. The van der Waals surface area contributed by atoms with Gasteiger partial charge < -0.3 is 10.4 Å². The second-order valence-electron chi connectivity index (χ2n) is 4.80. The van der Waals surface area contributed by atoms with E-state index in [1.54, 1.807) is 30.3 Å². The van der Waals surface area contributed by atoms with Crippen LogP contribution in [0.4, 0.5) is 14.5 Å². The summed E-state index contributed by atoms with van der Waals surface area (Å²) in [5.41, 5.74) is 2.41. The molecule has 2 N–H and O–H groups in total. The molecule has 2 rings (SSSR count). The van der Waals surface area contributed by atoms with Crippen molar-refractivity contribution in [2.75, 3.05) is 5.32 Å². The van der Waals surface area contributed by atoms with Crippen LogP contribution in [0, 0.1) is 6.92 Å². The van der Waals surface area contributed by atoms with Gasteiger partial charge in [-0.05, 0) is 32.0 Å². The van der Waals surface area contributed by atoms with E-state index in [0.29, 0.717) is 22.3 Å². The van der Waals surface area contributed by atoms with E-state index in [9.17, 15) is 13.9 Å². The quantitative estimate of drug-likeness (QED) is 0.746. The van der Waals surface area contributed by atoms with Gasteiger partial charge in [-0.25, -0.2) is 0 Å². The van der Waals surface area contributed by atoms with Gasteiger partial charge in [0.25, 0.3) is 5.76 Å². The van der Waals surface area contributed by atoms with Crippen molar-refractivity contribution in [1.82, 2.24) is 0 Å². The number of thioether (sulfide) groups is 1. The molecular formula is C16H17F2NOS. The lowest BCUT2D eigenvalue weighted by Crippen LogP contribution is -2.08. The van der Waals surface area contributed by atoms with Crippen molar-refractivity contribution >= 4 is 17.4 Å². The second-order valence-corrected chi connectivity index (χ2v) is 5.83. The van der Waals surface area contributed by atoms with Crippen molar-refractivity contribution in [2.24, 2.45) is 0 Å². The first-order chi connectivity index (χ1) is 9.97. The van der Waals surface area contributed by atoms with Crippen molar-refractivity contribution in [1.29, 1.82) is 0 Å². The Morgan fingerprint density at radius 3 is 2.57 bits per heavy atom. The molecule has 0 radical (unpaired) electrons. The number of para-hydroxylation sites is 1. The lowest BCUT2D eigenvalue weighted by molar-refractivity contribution is 0.252. The highest BCUT2D eigenvalue weighted by molar-refractivity contribution is 7.99. The Kier molecular flexibility index (Phi) is 5.07. The van der Waals surface area contributed by atoms with E-state index in [0.717, 1.165) is 11.1 Å². The Labute approximate surface area is 127 Å². The molecule has 2 nitrogen and oxygen atoms in total. The molecule has 0 aromatic heterocycles. The van der Waals surface area contributed by atoms with Crippen LogP contribution < -0.4 is 5.32 Å². The minimum absolute atomic E-state index is 0.190. The van der Waals surface area contributed by atoms with Crippen LogP contribution in [0.5, 0.6) is 5.75 Å². The van der Waals surface area contributed by atoms with Gasteiger partial charge in [0.05, 0.1) is 6.04 Å². The molecule has 2 aromatic carbocycles. The first-order valence-electron chi connectivity index (χ1n) is 6.57. The van der Waals surface area contributed by atoms with Gasteiger partial charge >= 0.3 is 0 Å². The van der Waals surface area contributed by atoms with Crippen LogP contribution in [0.25, 0.3) is 0 Å². The van der Waals surface area contributed by atoms with Gasteiger partial charge in [0.15, 0.2) is 0 Å². The summed E-state index contributed by atoms with van der Waals surface area (Å²) in [6, 6.07) is 12.1. The van der Waals surface area contributed by atoms with Crippen LogP contribution in [0.3, 0.4) is 0 Å². The fourth-order valence-corrected chi connectivity index (χ4v) is 2.72. The smallest absolute Gasteiger partial charge is 0.288 e. The molecule has 0 aliphatic heterocycles. The molecule has 5 heteroatoms. The zero-order valence-corrected chi connectivity index (χ0v) is 12.6. The van der Waals surface area contributed by atoms with Gasteiger partial charge in [-0.2, -0.15) is 8.78 Å². The number of anilines is 1. The molecule has 112 valence electrons. The summed E-state index contributed by atoms with van der Waals surface area (Å²) in [6.07, 6.45) is 0. The number of hydrogen-bond acceptors (Lipinski definition) is 3. The molecular weight excluding hydrogens is 292 g/mol. The average Bonchev–Trinajstić information content (AvgIpc) is 2.43. The number of hydrogen-bond donors (Lipinski definition) is 2. The SMILES string of the molecule is Cc1ccc(O)c(C(C)Nc2ccccc2SC(F)F)c1. The Balaban J connectivity index is 2.23. The highest BCUT2D eigenvalue weighted by atomic mass is 32.2. The van der Waals surface area contributed by atoms with Crippen LogP contribution in [-0.4, -0.2) is 10.9 Å². The van der Waals surface area contributed by atoms with Crippen molar-refractivity contribution in [3.8, 4) is 5.75 Å². The lowest BCUT2D eigenvalue weighted by Gasteiger charge is -2.19. The molecule has 0 fully saturated rings. The zero-order valence-electron chi connectivity index (χ0n) is 11.8. The minimum Gasteiger partial charge on any atom is -0.508 e. The molecule has 0 aliphatic rings. The molecule has 0 saturated heterocycles. The van der Waals surface area contributed by atoms with E-state index in [2.05, 4.69) is 5.32 Å². The summed E-state index contributed by atoms with van der Waals surface area (Å²) >= 11 is 0.511. The molecule has 0 amide bonds. The maximum absolute atomic E-state index is 12.6. The number of nitrogens with one attached hydrogen (secondary N) is 1. The van der Waals surface area contributed by atoms with Gasteiger partial charge in [-0.15, -0.1) is 0 Å². The molecule has 21 heavy (non-hydrogen) atoms. The summed E-state index contributed by atoms with van der Waals surface area (Å²) < 4.78 is 25.1. The topological polar surface area (TPSA) is 32.3 Å². The normalized spacial score (nSPS) is 12.4. The van der Waals surface area contributed by atoms with E-state index >= 15 is 0 Å². The molecule has 0 heterocycles. The summed E-state index contributed by atoms with van der Waals surface area (Å²) in [5, 5.41) is 13.1. The van der Waals surface area contributed by atoms with Gasteiger partial charge in [0.2, 0.25) is 0 Å². The van der Waals surface area contributed by atoms with Gasteiger partial charge in [-0.1, -0.05) is 41.6 Å². The zero-order chi connectivity index (χ0) is 15.4. The Hall–Kier alpha value is -1.75. The third-order valence-electron chi connectivity index (χ3n) is 3.12. The number of aromatic hydroxyl groups is 1. The van der Waals surface area contributed by atoms with Crippen molar-refractivity contribution in [2.45, 2.75) is 30.5 Å². The number of rotatable bonds is 5. The minimum atomic E-state index is -2.46. The van der Waals surface area contributed by atoms with Crippen LogP contribution in [0.1, 0.15) is 24.1 Å². The summed E-state index contributed by atoms with van der Waals surface area (Å²) in [5.74, 6) is -2.27. The summed E-state index contributed by atoms with van der Waals surface area (Å²) in [4.78, 5) is 0.492. The largest absolute Gasteiger partial charge is 0.508 e. The molecule has 2 aromatic rings. The maximum atomic E-state index is 12.6. The van der Waals surface area contributed by atoms with Crippen molar-refractivity contribution in [3.63, 3.8) is 0 Å². The summed E-state index contributed by atoms with van der Waals surface area (Å²) in [7, 11) is 0. The van der Waals surface area contributed by atoms with Crippen molar-refractivity contribution < 1.29 is 13.9 Å². The predicted octanol–water partition coefficient (Wildman–Crippen LogP) is 5.19. The molecule has 0 bridgehead atoms. The molecule has 0 spiro atoms. The highest BCUT2D eigenvalue weighted by Gasteiger charge is 2.14. The van der Waals surface area contributed by atoms with Gasteiger partial charge in [0, 0.05) is 16.1 Å². The average molecular weight is 309 g/mol. The van der Waals surface area contributed by atoms with E-state index < -0.39 is 5.76 Å². The van der Waals surface area contributed by atoms with Crippen molar-refractivity contribution in [3.05, 3.63) is 53.6 Å². The Morgan fingerprint density at radius 2 is 1.86 bits per heavy atom. The highest BCUT2D eigenvalue weighted by Crippen LogP contribution is 2.35. The molecule has 0 aliphatic carbocycles.